The molecule has 0 unspecified atom stereocenters. The van der Waals surface area contributed by atoms with Crippen molar-refractivity contribution in [3.8, 4) is 0 Å². The molecule has 0 rings (SSSR count). The normalized spacial score (nSPS) is 13.2. The van der Waals surface area contributed by atoms with Gasteiger partial charge in [-0.2, -0.15) is 0 Å². The summed E-state index contributed by atoms with van der Waals surface area (Å²) in [5.74, 6) is 0. The van der Waals surface area contributed by atoms with Crippen LogP contribution in [-0.4, -0.2) is 44.4 Å². The number of hydrogen-bond donors (Lipinski definition) is 0. The lowest BCUT2D eigenvalue weighted by molar-refractivity contribution is 0.350. The molecule has 0 spiro atoms. The predicted octanol–water partition coefficient (Wildman–Crippen LogP) is 2.69. The van der Waals surface area contributed by atoms with Crippen molar-refractivity contribution in [3.63, 3.8) is 0 Å². The van der Waals surface area contributed by atoms with Crippen LogP contribution in [0.3, 0.4) is 0 Å². The van der Waals surface area contributed by atoms with Crippen LogP contribution in [0, 0.1) is 0 Å². The quantitative estimate of drug-likeness (QED) is 0.647. The van der Waals surface area contributed by atoms with E-state index in [9.17, 15) is 0 Å². The number of rotatable bonds is 6. The van der Waals surface area contributed by atoms with Gasteiger partial charge in [-0.15, -0.1) is 0 Å². The summed E-state index contributed by atoms with van der Waals surface area (Å²) in [6.45, 7) is 21.2. The lowest BCUT2D eigenvalue weighted by Crippen LogP contribution is -2.57. The molecular formula is C12H30N2Si. The summed E-state index contributed by atoms with van der Waals surface area (Å²) in [5, 5.41) is 0.456. The zero-order valence-corrected chi connectivity index (χ0v) is 13.0. The van der Waals surface area contributed by atoms with E-state index in [2.05, 4.69) is 57.6 Å². The molecule has 0 amide bonds. The van der Waals surface area contributed by atoms with Crippen molar-refractivity contribution in [2.75, 3.05) is 26.2 Å². The fourth-order valence-corrected chi connectivity index (χ4v) is 6.50. The Morgan fingerprint density at radius 3 is 1.13 bits per heavy atom. The summed E-state index contributed by atoms with van der Waals surface area (Å²) in [5.41, 5.74) is 0. The summed E-state index contributed by atoms with van der Waals surface area (Å²) in [4.78, 5) is 0. The first kappa shape index (κ1) is 15.1. The van der Waals surface area contributed by atoms with E-state index in [0.717, 1.165) is 0 Å². The summed E-state index contributed by atoms with van der Waals surface area (Å²) in [6.07, 6.45) is 0. The molecule has 0 aromatic rings. The van der Waals surface area contributed by atoms with Gasteiger partial charge in [0.25, 0.3) is 0 Å². The van der Waals surface area contributed by atoms with Gasteiger partial charge in [-0.05, 0) is 31.2 Å². The van der Waals surface area contributed by atoms with Crippen LogP contribution in [-0.2, 0) is 0 Å². The molecule has 3 heteroatoms. The van der Waals surface area contributed by atoms with Gasteiger partial charge in [0, 0.05) is 0 Å². The second-order valence-electron chi connectivity index (χ2n) is 5.18. The summed E-state index contributed by atoms with van der Waals surface area (Å²) >= 11 is 0. The molecule has 0 heterocycles. The van der Waals surface area contributed by atoms with Gasteiger partial charge in [-0.1, -0.05) is 48.5 Å². The molecule has 0 fully saturated rings. The molecule has 92 valence electrons. The minimum absolute atomic E-state index is 0.456. The zero-order chi connectivity index (χ0) is 12.1. The first-order valence-electron chi connectivity index (χ1n) is 6.40. The molecule has 15 heavy (non-hydrogen) atoms. The van der Waals surface area contributed by atoms with Crippen LogP contribution < -0.4 is 0 Å². The summed E-state index contributed by atoms with van der Waals surface area (Å²) in [6, 6.07) is 0. The van der Waals surface area contributed by atoms with E-state index in [1.54, 1.807) is 0 Å². The Morgan fingerprint density at radius 2 is 1.00 bits per heavy atom. The monoisotopic (exact) mass is 230 g/mol. The Kier molecular flexibility index (Phi) is 6.72. The van der Waals surface area contributed by atoms with Gasteiger partial charge >= 0.3 is 0 Å². The number of hydrogen-bond acceptors (Lipinski definition) is 2. The third kappa shape index (κ3) is 4.25. The van der Waals surface area contributed by atoms with E-state index < -0.39 is 9.12 Å². The van der Waals surface area contributed by atoms with Gasteiger partial charge < -0.3 is 9.13 Å². The maximum Gasteiger partial charge on any atom is 0.195 e. The third-order valence-electron chi connectivity index (χ3n) is 3.09. The SMILES string of the molecule is CCN(CC)[SiH](N(CC)CC)C(C)(C)C. The van der Waals surface area contributed by atoms with Crippen LogP contribution in [0.5, 0.6) is 0 Å². The van der Waals surface area contributed by atoms with Gasteiger partial charge in [-0.25, -0.2) is 0 Å². The van der Waals surface area contributed by atoms with Crippen molar-refractivity contribution in [1.29, 1.82) is 0 Å². The average Bonchev–Trinajstić information content (AvgIpc) is 2.17. The van der Waals surface area contributed by atoms with Crippen LogP contribution in [0.2, 0.25) is 5.04 Å². The fourth-order valence-electron chi connectivity index (χ4n) is 2.47. The van der Waals surface area contributed by atoms with Crippen molar-refractivity contribution in [2.24, 2.45) is 0 Å². The topological polar surface area (TPSA) is 6.48 Å². The van der Waals surface area contributed by atoms with Crippen LogP contribution in [0.25, 0.3) is 0 Å². The standard InChI is InChI=1S/C12H30N2Si/c1-8-13(9-2)15(12(5,6)7)14(10-3)11-4/h15H,8-11H2,1-7H3. The van der Waals surface area contributed by atoms with Crippen molar-refractivity contribution in [1.82, 2.24) is 9.13 Å². The van der Waals surface area contributed by atoms with Crippen LogP contribution in [0.15, 0.2) is 0 Å². The minimum atomic E-state index is -0.985. The fraction of sp³-hybridized carbons (Fsp3) is 1.00. The van der Waals surface area contributed by atoms with Crippen molar-refractivity contribution in [3.05, 3.63) is 0 Å². The van der Waals surface area contributed by atoms with E-state index in [0.29, 0.717) is 5.04 Å². The van der Waals surface area contributed by atoms with E-state index in [1.165, 1.54) is 26.2 Å². The van der Waals surface area contributed by atoms with Crippen LogP contribution in [0.4, 0.5) is 0 Å². The first-order valence-corrected chi connectivity index (χ1v) is 8.01. The molecule has 0 aliphatic carbocycles. The predicted molar refractivity (Wildman–Crippen MR) is 72.7 cm³/mol. The molecule has 0 radical (unpaired) electrons. The van der Waals surface area contributed by atoms with Crippen molar-refractivity contribution >= 4 is 9.12 Å². The van der Waals surface area contributed by atoms with E-state index in [1.807, 2.05) is 0 Å². The molecule has 0 N–H and O–H groups in total. The Hall–Kier alpha value is 0.137. The van der Waals surface area contributed by atoms with E-state index in [-0.39, 0.29) is 0 Å². The van der Waals surface area contributed by atoms with Crippen LogP contribution in [0.1, 0.15) is 48.5 Å². The minimum Gasteiger partial charge on any atom is -0.314 e. The molecule has 0 saturated heterocycles. The highest BCUT2D eigenvalue weighted by Crippen LogP contribution is 2.30. The molecule has 0 aliphatic rings. The average molecular weight is 230 g/mol. The second kappa shape index (κ2) is 6.66. The van der Waals surface area contributed by atoms with E-state index in [4.69, 9.17) is 0 Å². The highest BCUT2D eigenvalue weighted by atomic mass is 28.3. The molecule has 0 saturated carbocycles. The Morgan fingerprint density at radius 1 is 0.733 bits per heavy atom. The molecular weight excluding hydrogens is 200 g/mol. The first-order chi connectivity index (χ1) is 6.92. The molecule has 0 aromatic carbocycles. The van der Waals surface area contributed by atoms with Gasteiger partial charge in [0.2, 0.25) is 0 Å². The van der Waals surface area contributed by atoms with Gasteiger partial charge in [-0.3, -0.25) is 0 Å². The summed E-state index contributed by atoms with van der Waals surface area (Å²) < 4.78 is 5.40. The molecule has 2 nitrogen and oxygen atoms in total. The maximum atomic E-state index is 2.70. The third-order valence-corrected chi connectivity index (χ3v) is 7.48. The second-order valence-corrected chi connectivity index (χ2v) is 9.12. The summed E-state index contributed by atoms with van der Waals surface area (Å²) in [7, 11) is -0.985. The molecule has 0 atom stereocenters. The smallest absolute Gasteiger partial charge is 0.195 e. The molecule has 0 aliphatic heterocycles. The van der Waals surface area contributed by atoms with Crippen molar-refractivity contribution < 1.29 is 0 Å². The number of nitrogens with zero attached hydrogens (tertiary/aromatic N) is 2. The Labute approximate surface area is 98.4 Å². The lowest BCUT2D eigenvalue weighted by atomic mass is 10.3. The maximum absolute atomic E-state index is 2.70. The van der Waals surface area contributed by atoms with E-state index >= 15 is 0 Å². The Bertz CT molecular complexity index is 145. The van der Waals surface area contributed by atoms with Gasteiger partial charge in [0.05, 0.1) is 0 Å². The zero-order valence-electron chi connectivity index (χ0n) is 11.8. The van der Waals surface area contributed by atoms with Crippen molar-refractivity contribution in [2.45, 2.75) is 53.5 Å². The largest absolute Gasteiger partial charge is 0.314 e. The molecule has 0 aromatic heterocycles. The Balaban J connectivity index is 4.85. The van der Waals surface area contributed by atoms with Crippen LogP contribution >= 0.6 is 0 Å². The lowest BCUT2D eigenvalue weighted by Gasteiger charge is -2.44. The molecule has 0 bridgehead atoms. The highest BCUT2D eigenvalue weighted by molar-refractivity contribution is 6.56. The van der Waals surface area contributed by atoms with Gasteiger partial charge in [0.1, 0.15) is 0 Å². The van der Waals surface area contributed by atoms with Gasteiger partial charge in [0.15, 0.2) is 9.12 Å². The highest BCUT2D eigenvalue weighted by Gasteiger charge is 2.34.